The van der Waals surface area contributed by atoms with Crippen molar-refractivity contribution in [2.75, 3.05) is 6.54 Å². The molecule has 0 aliphatic carbocycles. The number of carbonyl (C=O) groups is 4. The summed E-state index contributed by atoms with van der Waals surface area (Å²) in [6, 6.07) is -2.41. The van der Waals surface area contributed by atoms with Crippen LogP contribution in [-0.2, 0) is 19.2 Å². The average Bonchev–Trinajstić information content (AvgIpc) is 2.99. The number of aliphatic carboxylic acids is 1. The van der Waals surface area contributed by atoms with E-state index in [4.69, 9.17) is 0 Å². The van der Waals surface area contributed by atoms with E-state index in [1.54, 1.807) is 0 Å². The maximum Gasteiger partial charge on any atom is 0.326 e. The van der Waals surface area contributed by atoms with Crippen molar-refractivity contribution in [1.82, 2.24) is 15.5 Å². The van der Waals surface area contributed by atoms with Gasteiger partial charge in [0, 0.05) is 6.54 Å². The number of carboxylic acids is 1. The van der Waals surface area contributed by atoms with Crippen LogP contribution in [-0.4, -0.2) is 58.9 Å². The number of carboxylic acid groups (broad SMARTS) is 1. The first-order chi connectivity index (χ1) is 11.6. The van der Waals surface area contributed by atoms with Crippen molar-refractivity contribution >= 4 is 24.2 Å². The summed E-state index contributed by atoms with van der Waals surface area (Å²) in [5.41, 5.74) is -0.507. The van der Waals surface area contributed by atoms with Crippen molar-refractivity contribution in [3.63, 3.8) is 0 Å². The Balaban J connectivity index is 2.90. The number of hydrogen-bond acceptors (Lipinski definition) is 4. The first-order valence-electron chi connectivity index (χ1n) is 8.66. The molecule has 25 heavy (non-hydrogen) atoms. The molecule has 1 saturated heterocycles. The highest BCUT2D eigenvalue weighted by Gasteiger charge is 2.41. The summed E-state index contributed by atoms with van der Waals surface area (Å²) in [5, 5.41) is 14.3. The number of nitrogens with zero attached hydrogens (tertiary/aromatic N) is 1. The number of carbonyl (C=O) groups excluding carboxylic acids is 3. The van der Waals surface area contributed by atoms with E-state index in [0.717, 1.165) is 0 Å². The normalized spacial score (nSPS) is 19.8. The monoisotopic (exact) mass is 355 g/mol. The molecule has 1 aliphatic heterocycles. The van der Waals surface area contributed by atoms with Crippen LogP contribution < -0.4 is 10.6 Å². The third kappa shape index (κ3) is 5.44. The molecule has 1 fully saturated rings. The minimum absolute atomic E-state index is 0.320. The van der Waals surface area contributed by atoms with Crippen LogP contribution in [0.2, 0.25) is 0 Å². The summed E-state index contributed by atoms with van der Waals surface area (Å²) in [7, 11) is 0. The summed E-state index contributed by atoms with van der Waals surface area (Å²) in [4.78, 5) is 48.9. The lowest BCUT2D eigenvalue weighted by Crippen LogP contribution is -2.57. The van der Waals surface area contributed by atoms with E-state index in [2.05, 4.69) is 10.6 Å². The molecule has 8 nitrogen and oxygen atoms in total. The largest absolute Gasteiger partial charge is 0.480 e. The van der Waals surface area contributed by atoms with Crippen molar-refractivity contribution in [1.29, 1.82) is 0 Å². The van der Waals surface area contributed by atoms with Crippen LogP contribution in [0.1, 0.15) is 53.4 Å². The first kappa shape index (κ1) is 20.9. The van der Waals surface area contributed by atoms with Gasteiger partial charge in [0.1, 0.15) is 18.1 Å². The maximum absolute atomic E-state index is 12.9. The lowest BCUT2D eigenvalue weighted by Gasteiger charge is -2.34. The quantitative estimate of drug-likeness (QED) is 0.549. The van der Waals surface area contributed by atoms with Gasteiger partial charge in [-0.3, -0.25) is 14.4 Å². The number of hydrogen-bond donors (Lipinski definition) is 3. The van der Waals surface area contributed by atoms with Gasteiger partial charge < -0.3 is 20.6 Å². The van der Waals surface area contributed by atoms with Crippen LogP contribution in [0.5, 0.6) is 0 Å². The minimum atomic E-state index is -1.08. The Kier molecular flexibility index (Phi) is 7.38. The fraction of sp³-hybridized carbons (Fsp3) is 0.765. The Bertz CT molecular complexity index is 515. The lowest BCUT2D eigenvalue weighted by atomic mass is 9.85. The van der Waals surface area contributed by atoms with Crippen LogP contribution >= 0.6 is 0 Å². The second-order valence-electron chi connectivity index (χ2n) is 7.46. The highest BCUT2D eigenvalue weighted by Crippen LogP contribution is 2.25. The van der Waals surface area contributed by atoms with Gasteiger partial charge in [0.25, 0.3) is 0 Å². The Hall–Kier alpha value is -2.12. The van der Waals surface area contributed by atoms with Gasteiger partial charge >= 0.3 is 5.97 Å². The smallest absolute Gasteiger partial charge is 0.326 e. The molecule has 1 heterocycles. The fourth-order valence-corrected chi connectivity index (χ4v) is 3.04. The number of amides is 3. The summed E-state index contributed by atoms with van der Waals surface area (Å²) < 4.78 is 0. The van der Waals surface area contributed by atoms with Gasteiger partial charge in [-0.2, -0.15) is 0 Å². The number of likely N-dealkylation sites (tertiary alicyclic amines) is 1. The Morgan fingerprint density at radius 1 is 1.32 bits per heavy atom. The first-order valence-corrected chi connectivity index (χ1v) is 8.66. The third-order valence-electron chi connectivity index (χ3n) is 4.38. The molecule has 2 unspecified atom stereocenters. The third-order valence-corrected chi connectivity index (χ3v) is 4.38. The molecule has 3 atom stereocenters. The maximum atomic E-state index is 12.9. The van der Waals surface area contributed by atoms with Gasteiger partial charge in [0.15, 0.2) is 0 Å². The van der Waals surface area contributed by atoms with E-state index < -0.39 is 35.4 Å². The fourth-order valence-electron chi connectivity index (χ4n) is 3.04. The zero-order valence-electron chi connectivity index (χ0n) is 15.4. The predicted octanol–water partition coefficient (Wildman–Crippen LogP) is 0.508. The summed E-state index contributed by atoms with van der Waals surface area (Å²) in [5.74, 6) is -1.86. The second-order valence-corrected chi connectivity index (χ2v) is 7.46. The lowest BCUT2D eigenvalue weighted by molar-refractivity contribution is -0.145. The van der Waals surface area contributed by atoms with Gasteiger partial charge in [-0.25, -0.2) is 4.79 Å². The van der Waals surface area contributed by atoms with Crippen LogP contribution in [0.3, 0.4) is 0 Å². The van der Waals surface area contributed by atoms with Crippen molar-refractivity contribution in [2.24, 2.45) is 5.41 Å². The molecular formula is C17H29N3O5. The zero-order chi connectivity index (χ0) is 19.2. The second kappa shape index (κ2) is 8.82. The molecule has 0 aromatic heterocycles. The van der Waals surface area contributed by atoms with Crippen molar-refractivity contribution in [3.8, 4) is 0 Å². The highest BCUT2D eigenvalue weighted by molar-refractivity contribution is 5.93. The molecule has 8 heteroatoms. The van der Waals surface area contributed by atoms with Crippen LogP contribution in [0.25, 0.3) is 0 Å². The Labute approximate surface area is 148 Å². The van der Waals surface area contributed by atoms with Gasteiger partial charge in [-0.1, -0.05) is 34.1 Å². The summed E-state index contributed by atoms with van der Waals surface area (Å²) >= 11 is 0. The van der Waals surface area contributed by atoms with Gasteiger partial charge in [0.2, 0.25) is 18.2 Å². The topological polar surface area (TPSA) is 116 Å². The summed E-state index contributed by atoms with van der Waals surface area (Å²) in [6.45, 7) is 7.75. The van der Waals surface area contributed by atoms with Crippen molar-refractivity contribution < 1.29 is 24.3 Å². The molecule has 0 saturated carbocycles. The van der Waals surface area contributed by atoms with E-state index in [9.17, 15) is 24.3 Å². The molecule has 0 aromatic rings. The van der Waals surface area contributed by atoms with E-state index in [1.807, 2.05) is 27.7 Å². The molecule has 1 rings (SSSR count). The molecule has 3 N–H and O–H groups in total. The Morgan fingerprint density at radius 2 is 1.96 bits per heavy atom. The van der Waals surface area contributed by atoms with Crippen LogP contribution in [0.4, 0.5) is 0 Å². The van der Waals surface area contributed by atoms with E-state index in [0.29, 0.717) is 38.6 Å². The summed E-state index contributed by atoms with van der Waals surface area (Å²) in [6.07, 6.45) is 2.58. The molecule has 0 radical (unpaired) electrons. The van der Waals surface area contributed by atoms with Gasteiger partial charge in [-0.05, 0) is 24.7 Å². The minimum Gasteiger partial charge on any atom is -0.480 e. The van der Waals surface area contributed by atoms with Crippen LogP contribution in [0, 0.1) is 5.41 Å². The van der Waals surface area contributed by atoms with E-state index in [-0.39, 0.29) is 5.91 Å². The predicted molar refractivity (Wildman–Crippen MR) is 91.7 cm³/mol. The molecule has 0 bridgehead atoms. The molecule has 0 aromatic carbocycles. The Morgan fingerprint density at radius 3 is 2.44 bits per heavy atom. The zero-order valence-corrected chi connectivity index (χ0v) is 15.4. The SMILES string of the molecule is CCCC(NC(=O)C1CCCN1C(=O)[C@@H](NC=O)C(C)(C)C)C(=O)O. The van der Waals surface area contributed by atoms with E-state index in [1.165, 1.54) is 4.90 Å². The van der Waals surface area contributed by atoms with Gasteiger partial charge in [-0.15, -0.1) is 0 Å². The van der Waals surface area contributed by atoms with Crippen LogP contribution in [0.15, 0.2) is 0 Å². The van der Waals surface area contributed by atoms with Crippen molar-refractivity contribution in [3.05, 3.63) is 0 Å². The molecule has 0 spiro atoms. The highest BCUT2D eigenvalue weighted by atomic mass is 16.4. The van der Waals surface area contributed by atoms with Crippen molar-refractivity contribution in [2.45, 2.75) is 71.5 Å². The molecule has 3 amide bonds. The number of rotatable bonds is 8. The standard InChI is InChI=1S/C17H29N3O5/c1-5-7-11(16(24)25)19-14(22)12-8-6-9-20(12)15(23)13(18-10-21)17(2,3)4/h10-13H,5-9H2,1-4H3,(H,18,21)(H,19,22)(H,24,25)/t11?,12?,13-/m1/s1. The average molecular weight is 355 g/mol. The molecular weight excluding hydrogens is 326 g/mol. The molecule has 142 valence electrons. The molecule has 1 aliphatic rings. The van der Waals surface area contributed by atoms with E-state index >= 15 is 0 Å². The van der Waals surface area contributed by atoms with Gasteiger partial charge in [0.05, 0.1) is 0 Å². The number of nitrogens with one attached hydrogen (secondary N) is 2.